The molecule has 0 aliphatic rings. The van der Waals surface area contributed by atoms with Gasteiger partial charge in [0.25, 0.3) is 0 Å². The van der Waals surface area contributed by atoms with Gasteiger partial charge in [0, 0.05) is 11.0 Å². The van der Waals surface area contributed by atoms with Crippen molar-refractivity contribution in [1.29, 1.82) is 0 Å². The highest BCUT2D eigenvalue weighted by atomic mass is 79.9. The normalized spacial score (nSPS) is 12.2. The molecule has 19 heavy (non-hydrogen) atoms. The van der Waals surface area contributed by atoms with Crippen LogP contribution < -0.4 is 10.5 Å². The minimum Gasteiger partial charge on any atom is -0.481 e. The Labute approximate surface area is 118 Å². The molecule has 0 heterocycles. The lowest BCUT2D eigenvalue weighted by molar-refractivity contribution is 0.204. The van der Waals surface area contributed by atoms with E-state index in [1.54, 1.807) is 18.2 Å². The van der Waals surface area contributed by atoms with Crippen molar-refractivity contribution in [2.75, 3.05) is 6.54 Å². The summed E-state index contributed by atoms with van der Waals surface area (Å²) in [7, 11) is 0. The van der Waals surface area contributed by atoms with Crippen molar-refractivity contribution in [2.45, 2.75) is 6.10 Å². The molecule has 5 heteroatoms. The predicted molar refractivity (Wildman–Crippen MR) is 72.9 cm³/mol. The van der Waals surface area contributed by atoms with Crippen molar-refractivity contribution < 1.29 is 13.5 Å². The smallest absolute Gasteiger partial charge is 0.166 e. The third-order valence-corrected chi connectivity index (χ3v) is 3.11. The summed E-state index contributed by atoms with van der Waals surface area (Å²) < 4.78 is 32.7. The van der Waals surface area contributed by atoms with E-state index in [0.717, 1.165) is 0 Å². The maximum atomic E-state index is 13.7. The maximum Gasteiger partial charge on any atom is 0.166 e. The molecule has 0 spiro atoms. The van der Waals surface area contributed by atoms with E-state index in [1.165, 1.54) is 24.3 Å². The molecule has 100 valence electrons. The molecule has 0 bridgehead atoms. The highest BCUT2D eigenvalue weighted by Crippen LogP contribution is 2.26. The van der Waals surface area contributed by atoms with Crippen molar-refractivity contribution >= 4 is 15.9 Å². The van der Waals surface area contributed by atoms with Gasteiger partial charge >= 0.3 is 0 Å². The van der Waals surface area contributed by atoms with Crippen molar-refractivity contribution in [3.05, 3.63) is 64.1 Å². The van der Waals surface area contributed by atoms with E-state index in [-0.39, 0.29) is 18.1 Å². The Bertz CT molecular complexity index is 560. The van der Waals surface area contributed by atoms with Gasteiger partial charge in [-0.15, -0.1) is 0 Å². The molecule has 1 atom stereocenters. The Morgan fingerprint density at radius 3 is 2.37 bits per heavy atom. The maximum absolute atomic E-state index is 13.7. The number of hydrogen-bond acceptors (Lipinski definition) is 2. The number of halogens is 3. The Hall–Kier alpha value is -1.46. The topological polar surface area (TPSA) is 35.2 Å². The SMILES string of the molecule is NCC(Oc1ccc(Br)cc1F)c1ccc(F)cc1. The van der Waals surface area contributed by atoms with Gasteiger partial charge in [0.1, 0.15) is 11.9 Å². The van der Waals surface area contributed by atoms with E-state index < -0.39 is 11.9 Å². The van der Waals surface area contributed by atoms with Gasteiger partial charge in [0.05, 0.1) is 0 Å². The molecule has 0 saturated carbocycles. The Kier molecular flexibility index (Phi) is 4.50. The van der Waals surface area contributed by atoms with Gasteiger partial charge in [0.2, 0.25) is 0 Å². The second-order valence-corrected chi connectivity index (χ2v) is 4.88. The summed E-state index contributed by atoms with van der Waals surface area (Å²) in [6.07, 6.45) is -0.517. The molecule has 1 unspecified atom stereocenters. The van der Waals surface area contributed by atoms with Gasteiger partial charge in [-0.05, 0) is 35.9 Å². The second-order valence-electron chi connectivity index (χ2n) is 3.97. The molecule has 2 rings (SSSR count). The molecule has 0 radical (unpaired) electrons. The van der Waals surface area contributed by atoms with Crippen LogP contribution in [-0.4, -0.2) is 6.54 Å². The van der Waals surface area contributed by atoms with Gasteiger partial charge in [-0.2, -0.15) is 0 Å². The van der Waals surface area contributed by atoms with Crippen LogP contribution in [0.1, 0.15) is 11.7 Å². The number of benzene rings is 2. The Morgan fingerprint density at radius 2 is 1.79 bits per heavy atom. The van der Waals surface area contributed by atoms with Crippen LogP contribution in [0.4, 0.5) is 8.78 Å². The lowest BCUT2D eigenvalue weighted by atomic mass is 10.1. The van der Waals surface area contributed by atoms with Crippen LogP contribution in [0, 0.1) is 11.6 Å². The summed E-state index contributed by atoms with van der Waals surface area (Å²) >= 11 is 3.17. The lowest BCUT2D eigenvalue weighted by Gasteiger charge is -2.18. The molecule has 0 saturated heterocycles. The van der Waals surface area contributed by atoms with Crippen LogP contribution in [-0.2, 0) is 0 Å². The highest BCUT2D eigenvalue weighted by Gasteiger charge is 2.14. The molecular weight excluding hydrogens is 316 g/mol. The largest absolute Gasteiger partial charge is 0.481 e. The zero-order valence-corrected chi connectivity index (χ0v) is 11.5. The van der Waals surface area contributed by atoms with Crippen molar-refractivity contribution in [2.24, 2.45) is 5.73 Å². The summed E-state index contributed by atoms with van der Waals surface area (Å²) in [5.74, 6) is -0.702. The highest BCUT2D eigenvalue weighted by molar-refractivity contribution is 9.10. The van der Waals surface area contributed by atoms with E-state index in [2.05, 4.69) is 15.9 Å². The van der Waals surface area contributed by atoms with Crippen LogP contribution in [0.3, 0.4) is 0 Å². The number of nitrogens with two attached hydrogens (primary N) is 1. The second kappa shape index (κ2) is 6.12. The fraction of sp³-hybridized carbons (Fsp3) is 0.143. The first-order chi connectivity index (χ1) is 9.10. The summed E-state index contributed by atoms with van der Waals surface area (Å²) in [5, 5.41) is 0. The lowest BCUT2D eigenvalue weighted by Crippen LogP contribution is -2.18. The van der Waals surface area contributed by atoms with Crippen molar-refractivity contribution in [3.8, 4) is 5.75 Å². The fourth-order valence-corrected chi connectivity index (χ4v) is 1.99. The first kappa shape index (κ1) is 14.0. The molecule has 0 aliphatic carbocycles. The van der Waals surface area contributed by atoms with Crippen molar-refractivity contribution in [1.82, 2.24) is 0 Å². The molecule has 0 amide bonds. The number of hydrogen-bond donors (Lipinski definition) is 1. The molecule has 2 aromatic rings. The van der Waals surface area contributed by atoms with Gasteiger partial charge in [-0.25, -0.2) is 8.78 Å². The molecule has 2 nitrogen and oxygen atoms in total. The molecule has 0 aromatic heterocycles. The zero-order valence-electron chi connectivity index (χ0n) is 9.95. The number of ether oxygens (including phenoxy) is 1. The standard InChI is InChI=1S/C14H12BrF2NO/c15-10-3-6-13(12(17)7-10)19-14(8-18)9-1-4-11(16)5-2-9/h1-7,14H,8,18H2. The molecule has 2 N–H and O–H groups in total. The van der Waals surface area contributed by atoms with Crippen LogP contribution in [0.25, 0.3) is 0 Å². The summed E-state index contributed by atoms with van der Waals surface area (Å²) in [5.41, 5.74) is 6.32. The van der Waals surface area contributed by atoms with Gasteiger partial charge in [-0.1, -0.05) is 28.1 Å². The van der Waals surface area contributed by atoms with Crippen LogP contribution in [0.5, 0.6) is 5.75 Å². The van der Waals surface area contributed by atoms with E-state index in [1.807, 2.05) is 0 Å². The summed E-state index contributed by atoms with van der Waals surface area (Å²) in [4.78, 5) is 0. The summed E-state index contributed by atoms with van der Waals surface area (Å²) in [6.45, 7) is 0.168. The average Bonchev–Trinajstić information content (AvgIpc) is 2.39. The third kappa shape index (κ3) is 3.52. The Balaban J connectivity index is 2.21. The molecule has 0 aliphatic heterocycles. The first-order valence-electron chi connectivity index (χ1n) is 5.67. The summed E-state index contributed by atoms with van der Waals surface area (Å²) in [6, 6.07) is 10.3. The van der Waals surface area contributed by atoms with Gasteiger partial charge < -0.3 is 10.5 Å². The Morgan fingerprint density at radius 1 is 1.11 bits per heavy atom. The number of rotatable bonds is 4. The van der Waals surface area contributed by atoms with Crippen LogP contribution >= 0.6 is 15.9 Å². The quantitative estimate of drug-likeness (QED) is 0.926. The minimum atomic E-state index is -0.517. The van der Waals surface area contributed by atoms with Crippen LogP contribution in [0.2, 0.25) is 0 Å². The molecular formula is C14H12BrF2NO. The van der Waals surface area contributed by atoms with E-state index >= 15 is 0 Å². The predicted octanol–water partition coefficient (Wildman–Crippen LogP) is 3.81. The first-order valence-corrected chi connectivity index (χ1v) is 6.46. The average molecular weight is 328 g/mol. The van der Waals surface area contributed by atoms with Crippen LogP contribution in [0.15, 0.2) is 46.9 Å². The monoisotopic (exact) mass is 327 g/mol. The fourth-order valence-electron chi connectivity index (χ4n) is 1.65. The molecule has 2 aromatic carbocycles. The van der Waals surface area contributed by atoms with E-state index in [4.69, 9.17) is 10.5 Å². The van der Waals surface area contributed by atoms with E-state index in [0.29, 0.717) is 10.0 Å². The van der Waals surface area contributed by atoms with E-state index in [9.17, 15) is 8.78 Å². The third-order valence-electron chi connectivity index (χ3n) is 2.62. The minimum absolute atomic E-state index is 0.114. The molecule has 0 fully saturated rings. The van der Waals surface area contributed by atoms with Gasteiger partial charge in [-0.3, -0.25) is 0 Å². The zero-order chi connectivity index (χ0) is 13.8. The van der Waals surface area contributed by atoms with Gasteiger partial charge in [0.15, 0.2) is 11.6 Å². The van der Waals surface area contributed by atoms with Crippen molar-refractivity contribution in [3.63, 3.8) is 0 Å².